The van der Waals surface area contributed by atoms with Gasteiger partial charge in [0.25, 0.3) is 0 Å². The van der Waals surface area contributed by atoms with Gasteiger partial charge >= 0.3 is 5.63 Å². The standard InChI is InChI=1S/C35H25NO2/c1-35(2)27-15-8-6-11-21(27)25-19-26-22-12-7-9-16-29(22)36(31(26)20-28(25)35)30-17-10-14-24-23-13-4-3-5-18-32(23)38-34(37)33(24)30/h3,5-20H,4H2,1-2H3. The Labute approximate surface area is 219 Å². The fraction of sp³-hybridized carbons (Fsp3) is 0.114. The first-order valence-electron chi connectivity index (χ1n) is 13.1. The van der Waals surface area contributed by atoms with E-state index in [1.165, 1.54) is 33.0 Å². The number of fused-ring (bicyclic) bond motifs is 9. The molecule has 2 aromatic heterocycles. The number of hydrogen-bond donors (Lipinski definition) is 0. The zero-order valence-corrected chi connectivity index (χ0v) is 21.3. The van der Waals surface area contributed by atoms with Gasteiger partial charge in [-0.15, -0.1) is 0 Å². The van der Waals surface area contributed by atoms with E-state index in [2.05, 4.69) is 97.3 Å². The van der Waals surface area contributed by atoms with E-state index >= 15 is 0 Å². The number of rotatable bonds is 1. The van der Waals surface area contributed by atoms with Crippen molar-refractivity contribution in [2.45, 2.75) is 25.7 Å². The van der Waals surface area contributed by atoms with Crippen LogP contribution < -0.4 is 16.3 Å². The van der Waals surface area contributed by atoms with Crippen molar-refractivity contribution in [1.82, 2.24) is 4.57 Å². The predicted molar refractivity (Wildman–Crippen MR) is 156 cm³/mol. The Hall–Kier alpha value is -4.63. The molecule has 2 heterocycles. The van der Waals surface area contributed by atoms with Crippen molar-refractivity contribution in [2.75, 3.05) is 0 Å². The monoisotopic (exact) mass is 491 g/mol. The maximum absolute atomic E-state index is 13.6. The van der Waals surface area contributed by atoms with Gasteiger partial charge in [-0.2, -0.15) is 0 Å². The van der Waals surface area contributed by atoms with Gasteiger partial charge < -0.3 is 8.98 Å². The summed E-state index contributed by atoms with van der Waals surface area (Å²) < 4.78 is 8.16. The van der Waals surface area contributed by atoms with Gasteiger partial charge in [0.05, 0.1) is 22.1 Å². The van der Waals surface area contributed by atoms with Gasteiger partial charge in [0, 0.05) is 26.8 Å². The minimum absolute atomic E-state index is 0.117. The van der Waals surface area contributed by atoms with Crippen LogP contribution in [0.3, 0.4) is 0 Å². The average Bonchev–Trinajstić information content (AvgIpc) is 3.22. The van der Waals surface area contributed by atoms with Crippen LogP contribution in [-0.2, 0) is 5.41 Å². The second kappa shape index (κ2) is 7.45. The summed E-state index contributed by atoms with van der Waals surface area (Å²) in [4.78, 5) is 13.6. The van der Waals surface area contributed by atoms with Crippen molar-refractivity contribution in [3.63, 3.8) is 0 Å². The van der Waals surface area contributed by atoms with Crippen LogP contribution in [0.1, 0.15) is 31.4 Å². The fourth-order valence-electron chi connectivity index (χ4n) is 6.68. The maximum atomic E-state index is 13.6. The molecule has 0 fully saturated rings. The smallest absolute Gasteiger partial charge is 0.346 e. The molecule has 0 aliphatic heterocycles. The molecule has 2 aliphatic carbocycles. The molecule has 0 radical (unpaired) electrons. The zero-order valence-electron chi connectivity index (χ0n) is 21.3. The highest BCUT2D eigenvalue weighted by Crippen LogP contribution is 2.50. The molecule has 0 atom stereocenters. The number of hydrogen-bond acceptors (Lipinski definition) is 2. The van der Waals surface area contributed by atoms with Crippen LogP contribution in [0.25, 0.3) is 61.5 Å². The Kier molecular flexibility index (Phi) is 4.21. The molecule has 8 rings (SSSR count). The van der Waals surface area contributed by atoms with Gasteiger partial charge in [-0.05, 0) is 59.0 Å². The van der Waals surface area contributed by atoms with Gasteiger partial charge in [-0.3, -0.25) is 0 Å². The average molecular weight is 492 g/mol. The number of aromatic nitrogens is 1. The Bertz CT molecular complexity index is 2210. The SMILES string of the molecule is CC1(C)c2ccccc2-c2cc3c4ccccc4n(-c4cccc5c6c(oc(=O)c45)=CC=CCC=6)c3cc21. The molecule has 182 valence electrons. The highest BCUT2D eigenvalue weighted by molar-refractivity contribution is 6.12. The molecular formula is C35H25NO2. The Morgan fingerprint density at radius 1 is 0.789 bits per heavy atom. The van der Waals surface area contributed by atoms with Crippen LogP contribution >= 0.6 is 0 Å². The lowest BCUT2D eigenvalue weighted by atomic mass is 9.82. The van der Waals surface area contributed by atoms with E-state index in [9.17, 15) is 4.79 Å². The van der Waals surface area contributed by atoms with Crippen molar-refractivity contribution < 1.29 is 4.42 Å². The van der Waals surface area contributed by atoms with E-state index in [-0.39, 0.29) is 11.0 Å². The van der Waals surface area contributed by atoms with E-state index in [1.54, 1.807) is 0 Å². The number of benzene rings is 4. The molecule has 0 N–H and O–H groups in total. The molecule has 0 bridgehead atoms. The Morgan fingerprint density at radius 2 is 1.61 bits per heavy atom. The Morgan fingerprint density at radius 3 is 2.53 bits per heavy atom. The summed E-state index contributed by atoms with van der Waals surface area (Å²) in [5.74, 6) is 0. The number of allylic oxidation sites excluding steroid dienone is 2. The predicted octanol–water partition coefficient (Wildman–Crippen LogP) is 6.72. The van der Waals surface area contributed by atoms with E-state index < -0.39 is 0 Å². The van der Waals surface area contributed by atoms with Crippen molar-refractivity contribution >= 4 is 44.7 Å². The topological polar surface area (TPSA) is 35.1 Å². The molecule has 3 heteroatoms. The van der Waals surface area contributed by atoms with E-state index in [0.29, 0.717) is 10.8 Å². The van der Waals surface area contributed by atoms with Crippen LogP contribution in [0.2, 0.25) is 0 Å². The molecule has 0 saturated carbocycles. The minimum Gasteiger partial charge on any atom is -0.422 e. The zero-order chi connectivity index (χ0) is 25.6. The molecule has 6 aromatic rings. The van der Waals surface area contributed by atoms with Crippen LogP contribution in [0.15, 0.2) is 100 Å². The summed E-state index contributed by atoms with van der Waals surface area (Å²) in [7, 11) is 0. The third kappa shape index (κ3) is 2.71. The molecule has 2 aliphatic rings. The lowest BCUT2D eigenvalue weighted by molar-refractivity contribution is 0.482. The normalized spacial score (nSPS) is 15.1. The molecule has 0 saturated heterocycles. The van der Waals surface area contributed by atoms with Crippen molar-refractivity contribution in [2.24, 2.45) is 0 Å². The summed E-state index contributed by atoms with van der Waals surface area (Å²) in [6, 6.07) is 28.1. The third-order valence-corrected chi connectivity index (χ3v) is 8.46. The van der Waals surface area contributed by atoms with Crippen molar-refractivity contribution in [1.29, 1.82) is 0 Å². The first kappa shape index (κ1) is 21.5. The van der Waals surface area contributed by atoms with E-state index in [4.69, 9.17) is 4.42 Å². The van der Waals surface area contributed by atoms with E-state index in [1.807, 2.05) is 24.3 Å². The van der Waals surface area contributed by atoms with Gasteiger partial charge in [0.15, 0.2) is 0 Å². The molecule has 3 nitrogen and oxygen atoms in total. The summed E-state index contributed by atoms with van der Waals surface area (Å²) in [5, 5.41) is 4.88. The maximum Gasteiger partial charge on any atom is 0.346 e. The summed E-state index contributed by atoms with van der Waals surface area (Å²) >= 11 is 0. The quantitative estimate of drug-likeness (QED) is 0.256. The molecule has 38 heavy (non-hydrogen) atoms. The largest absolute Gasteiger partial charge is 0.422 e. The molecule has 0 amide bonds. The Balaban J connectivity index is 1.54. The highest BCUT2D eigenvalue weighted by Gasteiger charge is 2.36. The van der Waals surface area contributed by atoms with Crippen molar-refractivity contribution in [3.8, 4) is 16.8 Å². The minimum atomic E-state index is -0.311. The third-order valence-electron chi connectivity index (χ3n) is 8.46. The van der Waals surface area contributed by atoms with Crippen LogP contribution in [0.4, 0.5) is 0 Å². The molecule has 0 spiro atoms. The first-order chi connectivity index (χ1) is 18.5. The fourth-order valence-corrected chi connectivity index (χ4v) is 6.68. The molecular weight excluding hydrogens is 466 g/mol. The van der Waals surface area contributed by atoms with Gasteiger partial charge in [0.2, 0.25) is 0 Å². The van der Waals surface area contributed by atoms with E-state index in [0.717, 1.165) is 33.7 Å². The summed E-state index contributed by atoms with van der Waals surface area (Å²) in [6.45, 7) is 4.61. The molecule has 0 unspecified atom stereocenters. The van der Waals surface area contributed by atoms with Crippen LogP contribution in [0, 0.1) is 0 Å². The molecule has 4 aromatic carbocycles. The second-order valence-electron chi connectivity index (χ2n) is 10.8. The number of nitrogens with zero attached hydrogens (tertiary/aromatic N) is 1. The highest BCUT2D eigenvalue weighted by atomic mass is 16.4. The van der Waals surface area contributed by atoms with Crippen LogP contribution in [0.5, 0.6) is 0 Å². The van der Waals surface area contributed by atoms with Gasteiger partial charge in [-0.1, -0.05) is 86.7 Å². The van der Waals surface area contributed by atoms with Gasteiger partial charge in [-0.25, -0.2) is 4.79 Å². The van der Waals surface area contributed by atoms with Crippen LogP contribution in [-0.4, -0.2) is 4.57 Å². The second-order valence-corrected chi connectivity index (χ2v) is 10.8. The summed E-state index contributed by atoms with van der Waals surface area (Å²) in [5.41, 5.74) is 8.49. The summed E-state index contributed by atoms with van der Waals surface area (Å²) in [6.07, 6.45) is 8.85. The van der Waals surface area contributed by atoms with Crippen molar-refractivity contribution in [3.05, 3.63) is 123 Å². The number of para-hydroxylation sites is 1. The lowest BCUT2D eigenvalue weighted by Gasteiger charge is -2.21. The van der Waals surface area contributed by atoms with Gasteiger partial charge in [0.1, 0.15) is 5.42 Å². The first-order valence-corrected chi connectivity index (χ1v) is 13.1. The lowest BCUT2D eigenvalue weighted by Crippen LogP contribution is -2.30.